The van der Waals surface area contributed by atoms with Gasteiger partial charge in [-0.1, -0.05) is 35.9 Å². The predicted octanol–water partition coefficient (Wildman–Crippen LogP) is 3.78. The van der Waals surface area contributed by atoms with Gasteiger partial charge in [-0.05, 0) is 29.3 Å². The topological polar surface area (TPSA) is 21.3 Å². The summed E-state index contributed by atoms with van der Waals surface area (Å²) in [5.41, 5.74) is 1.89. The molecule has 0 saturated carbocycles. The second-order valence-electron chi connectivity index (χ2n) is 4.16. The summed E-state index contributed by atoms with van der Waals surface area (Å²) >= 11 is 5.88. The quantitative estimate of drug-likeness (QED) is 0.899. The fourth-order valence-corrected chi connectivity index (χ4v) is 1.96. The largest absolute Gasteiger partial charge is 0.497 e. The highest BCUT2D eigenvalue weighted by molar-refractivity contribution is 6.31. The maximum atomic E-state index is 13.2. The Morgan fingerprint density at radius 3 is 2.53 bits per heavy atom. The van der Waals surface area contributed by atoms with Crippen LogP contribution in [-0.4, -0.2) is 7.11 Å². The summed E-state index contributed by atoms with van der Waals surface area (Å²) in [7, 11) is 1.64. The fourth-order valence-electron chi connectivity index (χ4n) is 1.77. The van der Waals surface area contributed by atoms with E-state index in [1.165, 1.54) is 6.07 Å². The van der Waals surface area contributed by atoms with Crippen LogP contribution in [-0.2, 0) is 13.1 Å². The molecule has 2 aromatic carbocycles. The van der Waals surface area contributed by atoms with E-state index >= 15 is 0 Å². The molecule has 0 saturated heterocycles. The SMILES string of the molecule is COc1ccc(CNCc2cccc(F)c2Cl)cc1. The highest BCUT2D eigenvalue weighted by Crippen LogP contribution is 2.19. The van der Waals surface area contributed by atoms with Gasteiger partial charge in [-0.25, -0.2) is 4.39 Å². The van der Waals surface area contributed by atoms with Gasteiger partial charge in [0.15, 0.2) is 0 Å². The van der Waals surface area contributed by atoms with Gasteiger partial charge in [0.25, 0.3) is 0 Å². The molecule has 0 atom stereocenters. The molecular formula is C15H15ClFNO. The number of benzene rings is 2. The van der Waals surface area contributed by atoms with Crippen molar-refractivity contribution in [3.8, 4) is 5.75 Å². The van der Waals surface area contributed by atoms with Gasteiger partial charge in [-0.15, -0.1) is 0 Å². The van der Waals surface area contributed by atoms with Gasteiger partial charge in [0.05, 0.1) is 12.1 Å². The zero-order valence-corrected chi connectivity index (χ0v) is 11.4. The molecule has 0 radical (unpaired) electrons. The van der Waals surface area contributed by atoms with Crippen molar-refractivity contribution >= 4 is 11.6 Å². The average Bonchev–Trinajstić information content (AvgIpc) is 2.44. The number of rotatable bonds is 5. The van der Waals surface area contributed by atoms with Crippen LogP contribution in [0.2, 0.25) is 5.02 Å². The first-order chi connectivity index (χ1) is 9.20. The first-order valence-corrected chi connectivity index (χ1v) is 6.35. The summed E-state index contributed by atoms with van der Waals surface area (Å²) in [4.78, 5) is 0. The van der Waals surface area contributed by atoms with Gasteiger partial charge >= 0.3 is 0 Å². The third kappa shape index (κ3) is 3.69. The Kier molecular flexibility index (Phi) is 4.77. The average molecular weight is 280 g/mol. The van der Waals surface area contributed by atoms with Crippen molar-refractivity contribution in [1.82, 2.24) is 5.32 Å². The van der Waals surface area contributed by atoms with E-state index in [1.807, 2.05) is 30.3 Å². The molecule has 0 fully saturated rings. The standard InChI is InChI=1S/C15H15ClFNO/c1-19-13-7-5-11(6-8-13)9-18-10-12-3-2-4-14(17)15(12)16/h2-8,18H,9-10H2,1H3. The third-order valence-electron chi connectivity index (χ3n) is 2.84. The van der Waals surface area contributed by atoms with E-state index in [-0.39, 0.29) is 10.8 Å². The van der Waals surface area contributed by atoms with E-state index in [4.69, 9.17) is 16.3 Å². The van der Waals surface area contributed by atoms with Crippen LogP contribution in [0.3, 0.4) is 0 Å². The molecule has 19 heavy (non-hydrogen) atoms. The Morgan fingerprint density at radius 2 is 1.84 bits per heavy atom. The lowest BCUT2D eigenvalue weighted by molar-refractivity contribution is 0.414. The van der Waals surface area contributed by atoms with Crippen molar-refractivity contribution in [2.24, 2.45) is 0 Å². The number of hydrogen-bond donors (Lipinski definition) is 1. The molecule has 0 heterocycles. The lowest BCUT2D eigenvalue weighted by Gasteiger charge is -2.08. The number of hydrogen-bond acceptors (Lipinski definition) is 2. The van der Waals surface area contributed by atoms with Crippen LogP contribution in [0.5, 0.6) is 5.75 Å². The number of methoxy groups -OCH3 is 1. The van der Waals surface area contributed by atoms with Gasteiger partial charge in [0.2, 0.25) is 0 Å². The van der Waals surface area contributed by atoms with Gasteiger partial charge < -0.3 is 10.1 Å². The molecule has 0 aliphatic heterocycles. The molecule has 0 bridgehead atoms. The molecule has 0 spiro atoms. The van der Waals surface area contributed by atoms with Crippen molar-refractivity contribution in [3.63, 3.8) is 0 Å². The molecule has 2 nitrogen and oxygen atoms in total. The first kappa shape index (κ1) is 13.8. The molecule has 100 valence electrons. The van der Waals surface area contributed by atoms with E-state index in [1.54, 1.807) is 13.2 Å². The second kappa shape index (κ2) is 6.55. The number of halogens is 2. The number of ether oxygens (including phenoxy) is 1. The summed E-state index contributed by atoms with van der Waals surface area (Å²) in [6.45, 7) is 1.22. The van der Waals surface area contributed by atoms with Crippen LogP contribution in [0.15, 0.2) is 42.5 Å². The first-order valence-electron chi connectivity index (χ1n) is 5.97. The molecule has 0 aliphatic rings. The molecule has 2 aromatic rings. The minimum absolute atomic E-state index is 0.185. The van der Waals surface area contributed by atoms with Crippen molar-refractivity contribution in [3.05, 3.63) is 64.4 Å². The molecule has 0 aliphatic carbocycles. The normalized spacial score (nSPS) is 10.5. The molecule has 2 rings (SSSR count). The van der Waals surface area contributed by atoms with Crippen LogP contribution < -0.4 is 10.1 Å². The van der Waals surface area contributed by atoms with Crippen molar-refractivity contribution in [2.45, 2.75) is 13.1 Å². The molecule has 0 unspecified atom stereocenters. The van der Waals surface area contributed by atoms with Crippen LogP contribution in [0, 0.1) is 5.82 Å². The van der Waals surface area contributed by atoms with Gasteiger partial charge in [-0.2, -0.15) is 0 Å². The Bertz CT molecular complexity index is 542. The van der Waals surface area contributed by atoms with Crippen LogP contribution in [0.1, 0.15) is 11.1 Å². The lowest BCUT2D eigenvalue weighted by Crippen LogP contribution is -2.13. The Hall–Kier alpha value is -1.58. The van der Waals surface area contributed by atoms with Gasteiger partial charge in [0.1, 0.15) is 11.6 Å². The van der Waals surface area contributed by atoms with Gasteiger partial charge in [0, 0.05) is 13.1 Å². The Balaban J connectivity index is 1.90. The predicted molar refractivity (Wildman–Crippen MR) is 74.9 cm³/mol. The monoisotopic (exact) mass is 279 g/mol. The van der Waals surface area contributed by atoms with Crippen LogP contribution in [0.25, 0.3) is 0 Å². The highest BCUT2D eigenvalue weighted by Gasteiger charge is 2.04. The van der Waals surface area contributed by atoms with Crippen LogP contribution in [0.4, 0.5) is 4.39 Å². The third-order valence-corrected chi connectivity index (χ3v) is 3.26. The van der Waals surface area contributed by atoms with Crippen LogP contribution >= 0.6 is 11.6 Å². The number of nitrogens with one attached hydrogen (secondary N) is 1. The summed E-state index contributed by atoms with van der Waals surface area (Å²) < 4.78 is 18.3. The molecule has 0 amide bonds. The smallest absolute Gasteiger partial charge is 0.142 e. The Labute approximate surface area is 117 Å². The molecule has 1 N–H and O–H groups in total. The van der Waals surface area contributed by atoms with Crippen molar-refractivity contribution in [2.75, 3.05) is 7.11 Å². The summed E-state index contributed by atoms with van der Waals surface area (Å²) in [6.07, 6.45) is 0. The fraction of sp³-hybridized carbons (Fsp3) is 0.200. The summed E-state index contributed by atoms with van der Waals surface area (Å²) in [5.74, 6) is 0.447. The van der Waals surface area contributed by atoms with E-state index in [2.05, 4.69) is 5.32 Å². The molecular weight excluding hydrogens is 265 g/mol. The van der Waals surface area contributed by atoms with Crippen molar-refractivity contribution < 1.29 is 9.13 Å². The van der Waals surface area contributed by atoms with E-state index in [0.717, 1.165) is 16.9 Å². The van der Waals surface area contributed by atoms with E-state index in [0.29, 0.717) is 13.1 Å². The van der Waals surface area contributed by atoms with E-state index in [9.17, 15) is 4.39 Å². The zero-order valence-electron chi connectivity index (χ0n) is 10.6. The molecule has 0 aromatic heterocycles. The maximum absolute atomic E-state index is 13.2. The highest BCUT2D eigenvalue weighted by atomic mass is 35.5. The summed E-state index contributed by atoms with van der Waals surface area (Å²) in [6, 6.07) is 12.6. The molecule has 4 heteroatoms. The second-order valence-corrected chi connectivity index (χ2v) is 4.54. The minimum atomic E-state index is -0.384. The maximum Gasteiger partial charge on any atom is 0.142 e. The summed E-state index contributed by atoms with van der Waals surface area (Å²) in [5, 5.41) is 3.42. The van der Waals surface area contributed by atoms with Crippen molar-refractivity contribution in [1.29, 1.82) is 0 Å². The minimum Gasteiger partial charge on any atom is -0.497 e. The zero-order chi connectivity index (χ0) is 13.7. The Morgan fingerprint density at radius 1 is 1.11 bits per heavy atom. The van der Waals surface area contributed by atoms with Gasteiger partial charge in [-0.3, -0.25) is 0 Å². The van der Waals surface area contributed by atoms with E-state index < -0.39 is 0 Å². The lowest BCUT2D eigenvalue weighted by atomic mass is 10.2.